The molecule has 1 saturated carbocycles. The van der Waals surface area contributed by atoms with Gasteiger partial charge in [-0.1, -0.05) is 0 Å². The number of benzene rings is 1. The number of fused-ring (bicyclic) bond motifs is 1. The molecule has 1 heterocycles. The molecule has 24 heavy (non-hydrogen) atoms. The summed E-state index contributed by atoms with van der Waals surface area (Å²) in [4.78, 5) is 4.14. The maximum atomic E-state index is 12.6. The summed E-state index contributed by atoms with van der Waals surface area (Å²) in [6.07, 6.45) is 3.44. The van der Waals surface area contributed by atoms with E-state index in [-0.39, 0.29) is 43.1 Å². The van der Waals surface area contributed by atoms with Crippen LogP contribution in [0.25, 0.3) is 0 Å². The predicted octanol–water partition coefficient (Wildman–Crippen LogP) is 2.85. The number of hydrogen-bond acceptors (Lipinski definition) is 4. The van der Waals surface area contributed by atoms with Crippen molar-refractivity contribution in [2.24, 2.45) is 4.99 Å². The van der Waals surface area contributed by atoms with Crippen molar-refractivity contribution in [1.82, 2.24) is 10.6 Å². The van der Waals surface area contributed by atoms with E-state index in [0.29, 0.717) is 29.1 Å². The highest BCUT2D eigenvalue weighted by molar-refractivity contribution is 14.0. The molecule has 2 aliphatic rings. The van der Waals surface area contributed by atoms with Crippen LogP contribution in [0.4, 0.5) is 8.78 Å². The van der Waals surface area contributed by atoms with Crippen molar-refractivity contribution in [3.63, 3.8) is 0 Å². The smallest absolute Gasteiger partial charge is 0.387 e. The molecule has 0 saturated heterocycles. The summed E-state index contributed by atoms with van der Waals surface area (Å²) in [6, 6.07) is 3.49. The van der Waals surface area contributed by atoms with Gasteiger partial charge in [0.15, 0.2) is 17.5 Å². The fourth-order valence-electron chi connectivity index (χ4n) is 2.43. The summed E-state index contributed by atoms with van der Waals surface area (Å²) in [7, 11) is 1.67. The van der Waals surface area contributed by atoms with Gasteiger partial charge in [-0.2, -0.15) is 8.78 Å². The minimum Gasteiger partial charge on any atom is -0.454 e. The topological polar surface area (TPSA) is 64.1 Å². The normalized spacial score (nSPS) is 16.4. The molecule has 0 radical (unpaired) electrons. The zero-order chi connectivity index (χ0) is 16.2. The van der Waals surface area contributed by atoms with Crippen LogP contribution < -0.4 is 24.8 Å². The van der Waals surface area contributed by atoms with Crippen molar-refractivity contribution < 1.29 is 23.0 Å². The summed E-state index contributed by atoms with van der Waals surface area (Å²) >= 11 is 0. The van der Waals surface area contributed by atoms with E-state index < -0.39 is 6.61 Å². The van der Waals surface area contributed by atoms with Gasteiger partial charge >= 0.3 is 6.61 Å². The molecular formula is C15H20F2IN3O3. The van der Waals surface area contributed by atoms with Crippen LogP contribution in [-0.2, 0) is 6.54 Å². The number of guanidine groups is 1. The fourth-order valence-corrected chi connectivity index (χ4v) is 2.43. The largest absolute Gasteiger partial charge is 0.454 e. The average Bonchev–Trinajstić information content (AvgIpc) is 2.92. The summed E-state index contributed by atoms with van der Waals surface area (Å²) in [5.41, 5.74) is 0.547. The Morgan fingerprint density at radius 3 is 2.62 bits per heavy atom. The number of halogens is 3. The number of aliphatic imine (C=N–C) groups is 1. The highest BCUT2D eigenvalue weighted by atomic mass is 127. The van der Waals surface area contributed by atoms with E-state index in [9.17, 15) is 8.78 Å². The van der Waals surface area contributed by atoms with Crippen LogP contribution >= 0.6 is 24.0 Å². The van der Waals surface area contributed by atoms with E-state index >= 15 is 0 Å². The van der Waals surface area contributed by atoms with Crippen LogP contribution in [0.2, 0.25) is 0 Å². The molecule has 1 aromatic rings. The SMILES string of the molecule is CN=C(NCc1cc2c(cc1OC(F)F)OCO2)NC1CCC1.I. The van der Waals surface area contributed by atoms with Crippen molar-refractivity contribution in [2.75, 3.05) is 13.8 Å². The highest BCUT2D eigenvalue weighted by Gasteiger charge is 2.21. The Morgan fingerprint density at radius 2 is 2.04 bits per heavy atom. The lowest BCUT2D eigenvalue weighted by Crippen LogP contribution is -2.46. The van der Waals surface area contributed by atoms with Gasteiger partial charge in [-0.05, 0) is 25.3 Å². The van der Waals surface area contributed by atoms with Crippen LogP contribution in [0.15, 0.2) is 17.1 Å². The van der Waals surface area contributed by atoms with Crippen molar-refractivity contribution in [1.29, 1.82) is 0 Å². The van der Waals surface area contributed by atoms with Crippen molar-refractivity contribution >= 4 is 29.9 Å². The van der Waals surface area contributed by atoms with Crippen molar-refractivity contribution in [3.05, 3.63) is 17.7 Å². The van der Waals surface area contributed by atoms with Crippen molar-refractivity contribution in [3.8, 4) is 17.2 Å². The third-order valence-corrected chi connectivity index (χ3v) is 3.89. The zero-order valence-corrected chi connectivity index (χ0v) is 15.5. The predicted molar refractivity (Wildman–Crippen MR) is 95.6 cm³/mol. The molecule has 1 fully saturated rings. The lowest BCUT2D eigenvalue weighted by atomic mass is 9.93. The van der Waals surface area contributed by atoms with Crippen molar-refractivity contribution in [2.45, 2.75) is 38.5 Å². The van der Waals surface area contributed by atoms with E-state index in [1.165, 1.54) is 12.5 Å². The molecule has 0 atom stereocenters. The van der Waals surface area contributed by atoms with E-state index in [1.54, 1.807) is 13.1 Å². The van der Waals surface area contributed by atoms with Gasteiger partial charge in [-0.25, -0.2) is 0 Å². The number of ether oxygens (including phenoxy) is 3. The number of rotatable bonds is 5. The summed E-state index contributed by atoms with van der Waals surface area (Å²) in [5.74, 6) is 1.62. The number of nitrogens with one attached hydrogen (secondary N) is 2. The second-order valence-corrected chi connectivity index (χ2v) is 5.39. The van der Waals surface area contributed by atoms with Crippen LogP contribution in [0.5, 0.6) is 17.2 Å². The third-order valence-electron chi connectivity index (χ3n) is 3.89. The van der Waals surface area contributed by atoms with Gasteiger partial charge in [0.05, 0.1) is 0 Å². The second-order valence-electron chi connectivity index (χ2n) is 5.39. The molecule has 0 unspecified atom stereocenters. The Bertz CT molecular complexity index is 598. The van der Waals surface area contributed by atoms with Crippen LogP contribution in [-0.4, -0.2) is 32.5 Å². The minimum atomic E-state index is -2.90. The summed E-state index contributed by atoms with van der Waals surface area (Å²) in [6.45, 7) is -2.54. The summed E-state index contributed by atoms with van der Waals surface area (Å²) in [5, 5.41) is 6.39. The van der Waals surface area contributed by atoms with Crippen LogP contribution in [0.3, 0.4) is 0 Å². The molecule has 0 amide bonds. The average molecular weight is 455 g/mol. The number of nitrogens with zero attached hydrogens (tertiary/aromatic N) is 1. The molecule has 2 N–H and O–H groups in total. The molecule has 9 heteroatoms. The van der Waals surface area contributed by atoms with E-state index in [1.807, 2.05) is 0 Å². The second kappa shape index (κ2) is 8.54. The first-order valence-electron chi connectivity index (χ1n) is 7.50. The molecule has 1 aromatic carbocycles. The van der Waals surface area contributed by atoms with Gasteiger partial charge in [0.2, 0.25) is 6.79 Å². The molecule has 6 nitrogen and oxygen atoms in total. The molecular weight excluding hydrogens is 435 g/mol. The molecule has 0 spiro atoms. The van der Waals surface area contributed by atoms with Gasteiger partial charge in [0.25, 0.3) is 0 Å². The third kappa shape index (κ3) is 4.52. The molecule has 1 aliphatic carbocycles. The van der Waals surface area contributed by atoms with Gasteiger partial charge in [0, 0.05) is 31.3 Å². The standard InChI is InChI=1S/C15H19F2N3O3.HI/c1-18-15(20-10-3-2-4-10)19-7-9-5-12-13(22-8-21-12)6-11(9)23-14(16)17;/h5-6,10,14H,2-4,7-8H2,1H3,(H2,18,19,20);1H. The van der Waals surface area contributed by atoms with Gasteiger partial charge < -0.3 is 24.8 Å². The maximum absolute atomic E-state index is 12.6. The molecule has 0 bridgehead atoms. The quantitative estimate of drug-likeness (QED) is 0.406. The minimum absolute atomic E-state index is 0. The van der Waals surface area contributed by atoms with Gasteiger partial charge in [-0.3, -0.25) is 4.99 Å². The Balaban J connectivity index is 0.00000208. The Kier molecular flexibility index (Phi) is 6.69. The Hall–Kier alpha value is -1.52. The molecule has 0 aromatic heterocycles. The lowest BCUT2D eigenvalue weighted by Gasteiger charge is -2.28. The highest BCUT2D eigenvalue weighted by Crippen LogP contribution is 2.38. The van der Waals surface area contributed by atoms with E-state index in [0.717, 1.165) is 12.8 Å². The van der Waals surface area contributed by atoms with E-state index in [2.05, 4.69) is 20.4 Å². The Morgan fingerprint density at radius 1 is 1.33 bits per heavy atom. The fraction of sp³-hybridized carbons (Fsp3) is 0.533. The first-order chi connectivity index (χ1) is 11.2. The van der Waals surface area contributed by atoms with Gasteiger partial charge in [-0.15, -0.1) is 24.0 Å². The molecule has 1 aliphatic heterocycles. The lowest BCUT2D eigenvalue weighted by molar-refractivity contribution is -0.0505. The Labute approximate surface area is 156 Å². The monoisotopic (exact) mass is 455 g/mol. The first-order valence-corrected chi connectivity index (χ1v) is 7.50. The molecule has 3 rings (SSSR count). The number of alkyl halides is 2. The number of hydrogen-bond donors (Lipinski definition) is 2. The van der Waals surface area contributed by atoms with Crippen LogP contribution in [0, 0.1) is 0 Å². The van der Waals surface area contributed by atoms with Gasteiger partial charge in [0.1, 0.15) is 5.75 Å². The molecule has 134 valence electrons. The van der Waals surface area contributed by atoms with Crippen LogP contribution in [0.1, 0.15) is 24.8 Å². The van der Waals surface area contributed by atoms with E-state index in [4.69, 9.17) is 9.47 Å². The summed E-state index contributed by atoms with van der Waals surface area (Å²) < 4.78 is 40.2. The zero-order valence-electron chi connectivity index (χ0n) is 13.2. The first kappa shape index (κ1) is 18.8. The maximum Gasteiger partial charge on any atom is 0.387 e.